The van der Waals surface area contributed by atoms with Gasteiger partial charge in [0.15, 0.2) is 0 Å². The molecule has 1 aromatic heterocycles. The molecule has 1 fully saturated rings. The van der Waals surface area contributed by atoms with E-state index in [-0.39, 0.29) is 0 Å². The van der Waals surface area contributed by atoms with Gasteiger partial charge in [-0.25, -0.2) is 9.97 Å². The van der Waals surface area contributed by atoms with Gasteiger partial charge in [0.1, 0.15) is 0 Å². The van der Waals surface area contributed by atoms with Crippen molar-refractivity contribution in [2.75, 3.05) is 23.7 Å². The van der Waals surface area contributed by atoms with Crippen LogP contribution in [-0.2, 0) is 0 Å². The second-order valence-electron chi connectivity index (χ2n) is 5.29. The van der Waals surface area contributed by atoms with Crippen LogP contribution in [-0.4, -0.2) is 28.8 Å². The summed E-state index contributed by atoms with van der Waals surface area (Å²) in [7, 11) is 0. The zero-order chi connectivity index (χ0) is 13.8. The van der Waals surface area contributed by atoms with E-state index in [0.717, 1.165) is 30.5 Å². The molecule has 2 aromatic rings. The Hall–Kier alpha value is -1.55. The van der Waals surface area contributed by atoms with Gasteiger partial charge in [-0.05, 0) is 37.0 Å². The van der Waals surface area contributed by atoms with Crippen molar-refractivity contribution in [1.29, 1.82) is 0 Å². The van der Waals surface area contributed by atoms with E-state index in [9.17, 15) is 0 Å². The molecule has 4 heteroatoms. The lowest BCUT2D eigenvalue weighted by molar-refractivity contribution is 0.669. The van der Waals surface area contributed by atoms with Crippen LogP contribution in [0.2, 0.25) is 0 Å². The van der Waals surface area contributed by atoms with Crippen molar-refractivity contribution in [1.82, 2.24) is 9.97 Å². The normalized spacial score (nSPS) is 18.4. The maximum atomic E-state index is 4.42. The molecule has 0 bridgehead atoms. The summed E-state index contributed by atoms with van der Waals surface area (Å²) in [6.07, 6.45) is 5.03. The topological polar surface area (TPSA) is 29.0 Å². The molecule has 0 N–H and O–H groups in total. The Labute approximate surface area is 124 Å². The smallest absolute Gasteiger partial charge is 0.225 e. The number of rotatable bonds is 4. The van der Waals surface area contributed by atoms with E-state index in [1.54, 1.807) is 0 Å². The van der Waals surface area contributed by atoms with Crippen molar-refractivity contribution in [2.45, 2.75) is 18.2 Å². The monoisotopic (exact) mass is 285 g/mol. The van der Waals surface area contributed by atoms with Crippen molar-refractivity contribution in [3.63, 3.8) is 0 Å². The molecule has 0 spiro atoms. The van der Waals surface area contributed by atoms with E-state index in [1.165, 1.54) is 17.1 Å². The van der Waals surface area contributed by atoms with Crippen LogP contribution in [0, 0.1) is 12.8 Å². The van der Waals surface area contributed by atoms with Crippen molar-refractivity contribution < 1.29 is 0 Å². The quantitative estimate of drug-likeness (QED) is 0.805. The second kappa shape index (κ2) is 6.27. The Kier molecular flexibility index (Phi) is 4.21. The summed E-state index contributed by atoms with van der Waals surface area (Å²) < 4.78 is 0. The van der Waals surface area contributed by atoms with Crippen molar-refractivity contribution in [3.8, 4) is 0 Å². The highest BCUT2D eigenvalue weighted by Crippen LogP contribution is 2.27. The lowest BCUT2D eigenvalue weighted by Crippen LogP contribution is -2.22. The zero-order valence-corrected chi connectivity index (χ0v) is 12.5. The summed E-state index contributed by atoms with van der Waals surface area (Å²) in [5.74, 6) is 2.78. The molecule has 1 unspecified atom stereocenters. The third-order valence-electron chi connectivity index (χ3n) is 3.56. The van der Waals surface area contributed by atoms with Crippen LogP contribution >= 0.6 is 11.8 Å². The third-order valence-corrected chi connectivity index (χ3v) is 4.81. The van der Waals surface area contributed by atoms with Gasteiger partial charge in [-0.2, -0.15) is 0 Å². The average Bonchev–Trinajstić information content (AvgIpc) is 2.96. The van der Waals surface area contributed by atoms with Gasteiger partial charge in [-0.3, -0.25) is 0 Å². The summed E-state index contributed by atoms with van der Waals surface area (Å²) in [5.41, 5.74) is 1.11. The van der Waals surface area contributed by atoms with Crippen LogP contribution in [0.4, 0.5) is 5.95 Å². The number of nitrogens with zero attached hydrogens (tertiary/aromatic N) is 3. The summed E-state index contributed by atoms with van der Waals surface area (Å²) in [4.78, 5) is 12.5. The minimum atomic E-state index is 0.727. The maximum Gasteiger partial charge on any atom is 0.225 e. The van der Waals surface area contributed by atoms with E-state index in [0.29, 0.717) is 0 Å². The number of aromatic nitrogens is 2. The van der Waals surface area contributed by atoms with Crippen LogP contribution in [0.1, 0.15) is 12.0 Å². The fourth-order valence-electron chi connectivity index (χ4n) is 2.43. The van der Waals surface area contributed by atoms with Crippen LogP contribution in [0.15, 0.2) is 47.6 Å². The van der Waals surface area contributed by atoms with E-state index in [2.05, 4.69) is 45.2 Å². The van der Waals surface area contributed by atoms with Gasteiger partial charge in [0.2, 0.25) is 5.95 Å². The average molecular weight is 285 g/mol. The molecule has 20 heavy (non-hydrogen) atoms. The van der Waals surface area contributed by atoms with Crippen molar-refractivity contribution in [2.24, 2.45) is 5.92 Å². The molecule has 3 rings (SSSR count). The molecule has 1 aromatic carbocycles. The number of benzene rings is 1. The predicted molar refractivity (Wildman–Crippen MR) is 84.3 cm³/mol. The third kappa shape index (κ3) is 3.31. The highest BCUT2D eigenvalue weighted by atomic mass is 32.2. The number of thioether (sulfide) groups is 1. The van der Waals surface area contributed by atoms with Crippen LogP contribution < -0.4 is 4.90 Å². The fraction of sp³-hybridized carbons (Fsp3) is 0.375. The Morgan fingerprint density at radius 2 is 1.95 bits per heavy atom. The first-order chi connectivity index (χ1) is 9.81. The van der Waals surface area contributed by atoms with Gasteiger partial charge in [-0.15, -0.1) is 11.8 Å². The van der Waals surface area contributed by atoms with Gasteiger partial charge in [-0.1, -0.05) is 18.2 Å². The molecular weight excluding hydrogens is 266 g/mol. The van der Waals surface area contributed by atoms with Gasteiger partial charge < -0.3 is 4.90 Å². The van der Waals surface area contributed by atoms with E-state index in [1.807, 2.05) is 31.1 Å². The Bertz CT molecular complexity index is 541. The molecule has 1 aliphatic heterocycles. The number of hydrogen-bond acceptors (Lipinski definition) is 4. The molecule has 2 heterocycles. The standard InChI is InChI=1S/C16H19N3S/c1-13-9-17-16(18-10-13)19-8-7-14(11-19)12-20-15-5-3-2-4-6-15/h2-6,9-10,14H,7-8,11-12H2,1H3. The molecule has 1 saturated heterocycles. The Morgan fingerprint density at radius 3 is 2.70 bits per heavy atom. The van der Waals surface area contributed by atoms with Crippen LogP contribution in [0.5, 0.6) is 0 Å². The summed E-state index contributed by atoms with van der Waals surface area (Å²) in [5, 5.41) is 0. The SMILES string of the molecule is Cc1cnc(N2CCC(CSc3ccccc3)C2)nc1. The van der Waals surface area contributed by atoms with Crippen LogP contribution in [0.25, 0.3) is 0 Å². The number of hydrogen-bond donors (Lipinski definition) is 0. The maximum absolute atomic E-state index is 4.42. The van der Waals surface area contributed by atoms with E-state index in [4.69, 9.17) is 0 Å². The summed E-state index contributed by atoms with van der Waals surface area (Å²) in [6, 6.07) is 10.6. The molecule has 3 nitrogen and oxygen atoms in total. The summed E-state index contributed by atoms with van der Waals surface area (Å²) in [6.45, 7) is 4.17. The van der Waals surface area contributed by atoms with Gasteiger partial charge in [0.25, 0.3) is 0 Å². The lowest BCUT2D eigenvalue weighted by atomic mass is 10.2. The highest BCUT2D eigenvalue weighted by molar-refractivity contribution is 7.99. The highest BCUT2D eigenvalue weighted by Gasteiger charge is 2.24. The van der Waals surface area contributed by atoms with Crippen LogP contribution in [0.3, 0.4) is 0 Å². The Morgan fingerprint density at radius 1 is 1.20 bits per heavy atom. The first kappa shape index (κ1) is 13.4. The minimum absolute atomic E-state index is 0.727. The lowest BCUT2D eigenvalue weighted by Gasteiger charge is -2.16. The molecule has 0 aliphatic carbocycles. The Balaban J connectivity index is 1.53. The van der Waals surface area contributed by atoms with E-state index >= 15 is 0 Å². The molecule has 104 valence electrons. The largest absolute Gasteiger partial charge is 0.341 e. The first-order valence-corrected chi connectivity index (χ1v) is 8.01. The molecule has 0 radical (unpaired) electrons. The zero-order valence-electron chi connectivity index (χ0n) is 11.7. The fourth-order valence-corrected chi connectivity index (χ4v) is 3.48. The summed E-state index contributed by atoms with van der Waals surface area (Å²) >= 11 is 1.95. The van der Waals surface area contributed by atoms with Gasteiger partial charge >= 0.3 is 0 Å². The van der Waals surface area contributed by atoms with Crippen molar-refractivity contribution in [3.05, 3.63) is 48.3 Å². The molecule has 0 amide bonds. The van der Waals surface area contributed by atoms with Crippen molar-refractivity contribution >= 4 is 17.7 Å². The van der Waals surface area contributed by atoms with Gasteiger partial charge in [0.05, 0.1) is 0 Å². The molecule has 1 aliphatic rings. The first-order valence-electron chi connectivity index (χ1n) is 7.03. The second-order valence-corrected chi connectivity index (χ2v) is 6.38. The van der Waals surface area contributed by atoms with Gasteiger partial charge in [0, 0.05) is 36.1 Å². The predicted octanol–water partition coefficient (Wildman–Crippen LogP) is 3.40. The molecule has 1 atom stereocenters. The van der Waals surface area contributed by atoms with E-state index < -0.39 is 0 Å². The molecule has 0 saturated carbocycles. The molecular formula is C16H19N3S. The minimum Gasteiger partial charge on any atom is -0.341 e. The number of anilines is 1. The number of aryl methyl sites for hydroxylation is 1.